The third-order valence-corrected chi connectivity index (χ3v) is 3.36. The number of aryl methyl sites for hydroxylation is 1. The Bertz CT molecular complexity index is 475. The van der Waals surface area contributed by atoms with E-state index in [1.165, 1.54) is 0 Å². The van der Waals surface area contributed by atoms with Crippen molar-refractivity contribution in [2.24, 2.45) is 5.92 Å². The van der Waals surface area contributed by atoms with E-state index in [0.29, 0.717) is 31.3 Å². The molecular formula is C15H23BrN2O2. The molecule has 1 aromatic rings. The fraction of sp³-hybridized carbons (Fsp3) is 0.533. The third-order valence-electron chi connectivity index (χ3n) is 2.91. The van der Waals surface area contributed by atoms with Crippen molar-refractivity contribution in [3.63, 3.8) is 0 Å². The van der Waals surface area contributed by atoms with Gasteiger partial charge < -0.3 is 10.4 Å². The van der Waals surface area contributed by atoms with E-state index in [4.69, 9.17) is 0 Å². The maximum Gasteiger partial charge on any atom is 0.234 e. The lowest BCUT2D eigenvalue weighted by Gasteiger charge is -2.18. The highest BCUT2D eigenvalue weighted by Gasteiger charge is 2.11. The summed E-state index contributed by atoms with van der Waals surface area (Å²) in [5, 5.41) is 12.9. The van der Waals surface area contributed by atoms with Crippen molar-refractivity contribution in [1.82, 2.24) is 10.2 Å². The second-order valence-corrected chi connectivity index (χ2v) is 6.52. The van der Waals surface area contributed by atoms with Gasteiger partial charge >= 0.3 is 0 Å². The van der Waals surface area contributed by atoms with Crippen molar-refractivity contribution in [1.29, 1.82) is 0 Å². The maximum absolute atomic E-state index is 11.7. The van der Waals surface area contributed by atoms with Crippen LogP contribution in [0.15, 0.2) is 16.6 Å². The van der Waals surface area contributed by atoms with Crippen molar-refractivity contribution in [3.05, 3.63) is 27.7 Å². The minimum atomic E-state index is 0.00686. The smallest absolute Gasteiger partial charge is 0.234 e. The molecule has 0 atom stereocenters. The summed E-state index contributed by atoms with van der Waals surface area (Å²) in [6.45, 7) is 7.52. The SMILES string of the molecule is Cc1cc(Br)cc(CN(C)CC(=O)NCC(C)C)c1O. The zero-order valence-corrected chi connectivity index (χ0v) is 14.1. The minimum Gasteiger partial charge on any atom is -0.507 e. The van der Waals surface area contributed by atoms with Crippen LogP contribution in [0.2, 0.25) is 0 Å². The molecule has 0 saturated carbocycles. The van der Waals surface area contributed by atoms with Gasteiger partial charge in [0, 0.05) is 23.1 Å². The molecule has 0 heterocycles. The second kappa shape index (κ2) is 7.64. The predicted molar refractivity (Wildman–Crippen MR) is 84.7 cm³/mol. The van der Waals surface area contributed by atoms with Crippen LogP contribution < -0.4 is 5.32 Å². The molecular weight excluding hydrogens is 320 g/mol. The predicted octanol–water partition coefficient (Wildman–Crippen LogP) is 2.67. The molecule has 0 fully saturated rings. The van der Waals surface area contributed by atoms with Gasteiger partial charge in [-0.25, -0.2) is 0 Å². The van der Waals surface area contributed by atoms with E-state index < -0.39 is 0 Å². The number of hydrogen-bond donors (Lipinski definition) is 2. The van der Waals surface area contributed by atoms with E-state index in [9.17, 15) is 9.90 Å². The molecule has 0 aliphatic rings. The number of phenolic OH excluding ortho intramolecular Hbond substituents is 1. The van der Waals surface area contributed by atoms with Crippen LogP contribution in [-0.4, -0.2) is 36.1 Å². The average Bonchev–Trinajstić information content (AvgIpc) is 2.32. The van der Waals surface area contributed by atoms with Gasteiger partial charge in [-0.05, 0) is 37.6 Å². The fourth-order valence-electron chi connectivity index (χ4n) is 1.89. The molecule has 0 spiro atoms. The number of carbonyl (C=O) groups excluding carboxylic acids is 1. The molecule has 20 heavy (non-hydrogen) atoms. The molecule has 2 N–H and O–H groups in total. The summed E-state index contributed by atoms with van der Waals surface area (Å²) in [6.07, 6.45) is 0. The molecule has 1 amide bonds. The molecule has 0 unspecified atom stereocenters. The maximum atomic E-state index is 11.7. The first-order valence-corrected chi connectivity index (χ1v) is 7.52. The van der Waals surface area contributed by atoms with Gasteiger partial charge in [-0.3, -0.25) is 9.69 Å². The summed E-state index contributed by atoms with van der Waals surface area (Å²) in [7, 11) is 1.87. The molecule has 5 heteroatoms. The van der Waals surface area contributed by atoms with Crippen molar-refractivity contribution >= 4 is 21.8 Å². The van der Waals surface area contributed by atoms with Crippen LogP contribution in [0.4, 0.5) is 0 Å². The Balaban J connectivity index is 2.58. The van der Waals surface area contributed by atoms with E-state index in [-0.39, 0.29) is 5.91 Å². The zero-order chi connectivity index (χ0) is 15.3. The van der Waals surface area contributed by atoms with E-state index in [0.717, 1.165) is 15.6 Å². The summed E-state index contributed by atoms with van der Waals surface area (Å²) >= 11 is 3.42. The Morgan fingerprint density at radius 2 is 2.10 bits per heavy atom. The fourth-order valence-corrected chi connectivity index (χ4v) is 2.51. The molecule has 0 aliphatic heterocycles. The zero-order valence-electron chi connectivity index (χ0n) is 12.5. The first-order valence-electron chi connectivity index (χ1n) is 6.72. The van der Waals surface area contributed by atoms with Gasteiger partial charge in [-0.1, -0.05) is 29.8 Å². The van der Waals surface area contributed by atoms with Crippen LogP contribution in [0.25, 0.3) is 0 Å². The summed E-state index contributed by atoms with van der Waals surface area (Å²) in [6, 6.07) is 3.75. The number of likely N-dealkylation sites (N-methyl/N-ethyl adjacent to an activating group) is 1. The summed E-state index contributed by atoms with van der Waals surface area (Å²) in [4.78, 5) is 13.6. The Kier molecular flexibility index (Phi) is 6.49. The Labute approximate surface area is 129 Å². The standard InChI is InChI=1S/C15H23BrN2O2/c1-10(2)7-17-14(19)9-18(4)8-12-6-13(16)5-11(3)15(12)20/h5-6,10,20H,7-9H2,1-4H3,(H,17,19). The summed E-state index contributed by atoms with van der Waals surface area (Å²) in [5.41, 5.74) is 1.64. The number of halogens is 1. The van der Waals surface area contributed by atoms with E-state index in [2.05, 4.69) is 35.1 Å². The molecule has 1 rings (SSSR count). The van der Waals surface area contributed by atoms with Crippen molar-refractivity contribution in [3.8, 4) is 5.75 Å². The molecule has 0 aliphatic carbocycles. The quantitative estimate of drug-likeness (QED) is 0.835. The van der Waals surface area contributed by atoms with Crippen LogP contribution in [0.5, 0.6) is 5.75 Å². The lowest BCUT2D eigenvalue weighted by atomic mass is 10.1. The number of hydrogen-bond acceptors (Lipinski definition) is 3. The lowest BCUT2D eigenvalue weighted by Crippen LogP contribution is -2.36. The van der Waals surface area contributed by atoms with Gasteiger partial charge in [-0.2, -0.15) is 0 Å². The highest BCUT2D eigenvalue weighted by Crippen LogP contribution is 2.27. The number of rotatable bonds is 6. The van der Waals surface area contributed by atoms with Crippen LogP contribution in [0, 0.1) is 12.8 Å². The summed E-state index contributed by atoms with van der Waals surface area (Å²) in [5.74, 6) is 0.746. The molecule has 0 radical (unpaired) electrons. The number of aromatic hydroxyl groups is 1. The van der Waals surface area contributed by atoms with Crippen molar-refractivity contribution in [2.45, 2.75) is 27.3 Å². The number of nitrogens with zero attached hydrogens (tertiary/aromatic N) is 1. The molecule has 0 saturated heterocycles. The number of amides is 1. The molecule has 112 valence electrons. The Hall–Kier alpha value is -1.07. The average molecular weight is 343 g/mol. The van der Waals surface area contributed by atoms with E-state index in [1.54, 1.807) is 0 Å². The van der Waals surface area contributed by atoms with Crippen LogP contribution in [0.1, 0.15) is 25.0 Å². The second-order valence-electron chi connectivity index (χ2n) is 5.60. The van der Waals surface area contributed by atoms with Gasteiger partial charge in [-0.15, -0.1) is 0 Å². The highest BCUT2D eigenvalue weighted by molar-refractivity contribution is 9.10. The topological polar surface area (TPSA) is 52.6 Å². The van der Waals surface area contributed by atoms with Crippen LogP contribution in [0.3, 0.4) is 0 Å². The minimum absolute atomic E-state index is 0.00686. The Morgan fingerprint density at radius 1 is 1.45 bits per heavy atom. The molecule has 4 nitrogen and oxygen atoms in total. The van der Waals surface area contributed by atoms with E-state index in [1.807, 2.05) is 31.0 Å². The monoisotopic (exact) mass is 342 g/mol. The van der Waals surface area contributed by atoms with Gasteiger partial charge in [0.15, 0.2) is 0 Å². The number of benzene rings is 1. The van der Waals surface area contributed by atoms with Crippen LogP contribution >= 0.6 is 15.9 Å². The largest absolute Gasteiger partial charge is 0.507 e. The number of phenols is 1. The van der Waals surface area contributed by atoms with Crippen LogP contribution in [-0.2, 0) is 11.3 Å². The van der Waals surface area contributed by atoms with Gasteiger partial charge in [0.1, 0.15) is 5.75 Å². The first-order chi connectivity index (χ1) is 9.29. The number of carbonyl (C=O) groups is 1. The third kappa shape index (κ3) is 5.51. The van der Waals surface area contributed by atoms with E-state index >= 15 is 0 Å². The highest BCUT2D eigenvalue weighted by atomic mass is 79.9. The van der Waals surface area contributed by atoms with Crippen molar-refractivity contribution < 1.29 is 9.90 Å². The van der Waals surface area contributed by atoms with Gasteiger partial charge in [0.2, 0.25) is 5.91 Å². The Morgan fingerprint density at radius 3 is 2.70 bits per heavy atom. The van der Waals surface area contributed by atoms with Crippen molar-refractivity contribution in [2.75, 3.05) is 20.1 Å². The van der Waals surface area contributed by atoms with Gasteiger partial charge in [0.25, 0.3) is 0 Å². The lowest BCUT2D eigenvalue weighted by molar-refractivity contribution is -0.122. The first kappa shape index (κ1) is 17.0. The molecule has 0 bridgehead atoms. The molecule has 0 aromatic heterocycles. The molecule has 1 aromatic carbocycles. The normalized spacial score (nSPS) is 11.2. The van der Waals surface area contributed by atoms with Gasteiger partial charge in [0.05, 0.1) is 6.54 Å². The summed E-state index contributed by atoms with van der Waals surface area (Å²) < 4.78 is 0.931. The number of nitrogens with one attached hydrogen (secondary N) is 1.